The zero-order chi connectivity index (χ0) is 19.8. The number of aromatic nitrogens is 1. The number of amides is 1. The SMILES string of the molecule is CCCCc1ccc(C#N)c(SC(CC)C(=O)Nc2cc(Cl)ccc2Cl)n1. The minimum absolute atomic E-state index is 0.198. The van der Waals surface area contributed by atoms with Crippen LogP contribution in [0.2, 0.25) is 10.0 Å². The highest BCUT2D eigenvalue weighted by Gasteiger charge is 2.21. The van der Waals surface area contributed by atoms with Crippen LogP contribution in [-0.4, -0.2) is 16.1 Å². The van der Waals surface area contributed by atoms with Gasteiger partial charge in [-0.1, -0.05) is 55.2 Å². The van der Waals surface area contributed by atoms with Crippen LogP contribution in [0.1, 0.15) is 44.4 Å². The summed E-state index contributed by atoms with van der Waals surface area (Å²) < 4.78 is 0. The summed E-state index contributed by atoms with van der Waals surface area (Å²) in [6.45, 7) is 4.04. The summed E-state index contributed by atoms with van der Waals surface area (Å²) in [6, 6.07) is 10.7. The summed E-state index contributed by atoms with van der Waals surface area (Å²) in [7, 11) is 0. The molecule has 0 saturated heterocycles. The van der Waals surface area contributed by atoms with E-state index in [1.165, 1.54) is 11.8 Å². The Hall–Kier alpha value is -1.74. The summed E-state index contributed by atoms with van der Waals surface area (Å²) in [5, 5.41) is 13.3. The van der Waals surface area contributed by atoms with Crippen LogP contribution in [0.4, 0.5) is 5.69 Å². The molecule has 4 nitrogen and oxygen atoms in total. The summed E-state index contributed by atoms with van der Waals surface area (Å²) in [5.41, 5.74) is 1.89. The second-order valence-electron chi connectivity index (χ2n) is 6.00. The molecule has 2 rings (SSSR count). The van der Waals surface area contributed by atoms with Gasteiger partial charge in [-0.3, -0.25) is 4.79 Å². The third-order valence-electron chi connectivity index (χ3n) is 3.93. The van der Waals surface area contributed by atoms with Gasteiger partial charge in [-0.2, -0.15) is 5.26 Å². The standard InChI is InChI=1S/C20H21Cl2N3OS/c1-3-5-6-15-9-7-13(12-23)20(24-15)27-18(4-2)19(26)25-17-11-14(21)8-10-16(17)22/h7-11,18H,3-6H2,1-2H3,(H,25,26). The number of benzene rings is 1. The van der Waals surface area contributed by atoms with Gasteiger partial charge in [0.05, 0.1) is 21.5 Å². The Kier molecular flexibility index (Phi) is 8.43. The number of aryl methyl sites for hydroxylation is 1. The van der Waals surface area contributed by atoms with Crippen molar-refractivity contribution >= 4 is 46.6 Å². The molecule has 1 amide bonds. The van der Waals surface area contributed by atoms with Gasteiger partial charge < -0.3 is 5.32 Å². The van der Waals surface area contributed by atoms with E-state index in [-0.39, 0.29) is 5.91 Å². The second-order valence-corrected chi connectivity index (χ2v) is 8.03. The van der Waals surface area contributed by atoms with E-state index in [1.807, 2.05) is 13.0 Å². The van der Waals surface area contributed by atoms with E-state index in [0.29, 0.717) is 32.7 Å². The molecule has 7 heteroatoms. The monoisotopic (exact) mass is 421 g/mol. The fourth-order valence-corrected chi connectivity index (χ4v) is 3.76. The fourth-order valence-electron chi connectivity index (χ4n) is 2.41. The van der Waals surface area contributed by atoms with Crippen molar-refractivity contribution < 1.29 is 4.79 Å². The van der Waals surface area contributed by atoms with Gasteiger partial charge in [-0.05, 0) is 49.6 Å². The molecule has 0 aliphatic rings. The normalized spacial score (nSPS) is 11.7. The van der Waals surface area contributed by atoms with E-state index in [2.05, 4.69) is 23.3 Å². The van der Waals surface area contributed by atoms with E-state index in [9.17, 15) is 10.1 Å². The van der Waals surface area contributed by atoms with Gasteiger partial charge in [-0.15, -0.1) is 0 Å². The van der Waals surface area contributed by atoms with Crippen LogP contribution in [0.3, 0.4) is 0 Å². The van der Waals surface area contributed by atoms with Crippen LogP contribution in [0.5, 0.6) is 0 Å². The van der Waals surface area contributed by atoms with Gasteiger partial charge in [0.25, 0.3) is 0 Å². The molecule has 0 spiro atoms. The Morgan fingerprint density at radius 1 is 1.30 bits per heavy atom. The third-order valence-corrected chi connectivity index (χ3v) is 5.86. The average molecular weight is 422 g/mol. The van der Waals surface area contributed by atoms with Gasteiger partial charge in [0.2, 0.25) is 5.91 Å². The molecule has 1 atom stereocenters. The molecular formula is C20H21Cl2N3OS. The Bertz CT molecular complexity index is 852. The van der Waals surface area contributed by atoms with Crippen molar-refractivity contribution in [2.24, 2.45) is 0 Å². The molecule has 0 radical (unpaired) electrons. The lowest BCUT2D eigenvalue weighted by atomic mass is 10.2. The van der Waals surface area contributed by atoms with Crippen LogP contribution >= 0.6 is 35.0 Å². The molecule has 1 N–H and O–H groups in total. The Morgan fingerprint density at radius 3 is 2.74 bits per heavy atom. The number of hydrogen-bond donors (Lipinski definition) is 1. The number of halogens is 2. The number of nitrogens with one attached hydrogen (secondary N) is 1. The molecule has 0 aliphatic carbocycles. The van der Waals surface area contributed by atoms with Gasteiger partial charge in [0, 0.05) is 10.7 Å². The van der Waals surface area contributed by atoms with E-state index in [0.717, 1.165) is 25.0 Å². The van der Waals surface area contributed by atoms with Crippen LogP contribution in [0, 0.1) is 11.3 Å². The summed E-state index contributed by atoms with van der Waals surface area (Å²) in [4.78, 5) is 17.3. The molecule has 142 valence electrons. The van der Waals surface area contributed by atoms with Crippen molar-refractivity contribution in [1.29, 1.82) is 5.26 Å². The lowest BCUT2D eigenvalue weighted by Crippen LogP contribution is -2.25. The van der Waals surface area contributed by atoms with Gasteiger partial charge in [0.1, 0.15) is 11.1 Å². The maximum absolute atomic E-state index is 12.7. The Balaban J connectivity index is 2.19. The van der Waals surface area contributed by atoms with Gasteiger partial charge in [-0.25, -0.2) is 4.98 Å². The fraction of sp³-hybridized carbons (Fsp3) is 0.350. The quantitative estimate of drug-likeness (QED) is 0.521. The maximum Gasteiger partial charge on any atom is 0.237 e. The highest BCUT2D eigenvalue weighted by Crippen LogP contribution is 2.30. The second kappa shape index (κ2) is 10.6. The molecule has 27 heavy (non-hydrogen) atoms. The Labute approximate surface area is 174 Å². The van der Waals surface area contributed by atoms with Crippen molar-refractivity contribution in [3.8, 4) is 6.07 Å². The molecule has 2 aromatic rings. The lowest BCUT2D eigenvalue weighted by Gasteiger charge is -2.16. The summed E-state index contributed by atoms with van der Waals surface area (Å²) in [5.74, 6) is -0.198. The summed E-state index contributed by atoms with van der Waals surface area (Å²) in [6.07, 6.45) is 3.55. The number of nitrogens with zero attached hydrogens (tertiary/aromatic N) is 2. The van der Waals surface area contributed by atoms with E-state index >= 15 is 0 Å². The van der Waals surface area contributed by atoms with Crippen LogP contribution in [0.15, 0.2) is 35.4 Å². The van der Waals surface area contributed by atoms with Crippen LogP contribution < -0.4 is 5.32 Å². The molecule has 1 aromatic heterocycles. The lowest BCUT2D eigenvalue weighted by molar-refractivity contribution is -0.115. The molecule has 1 unspecified atom stereocenters. The first-order valence-electron chi connectivity index (χ1n) is 8.81. The number of rotatable bonds is 8. The number of anilines is 1. The first kappa shape index (κ1) is 21.6. The van der Waals surface area contributed by atoms with Crippen molar-refractivity contribution in [1.82, 2.24) is 4.98 Å². The molecule has 1 heterocycles. The predicted octanol–water partition coefficient (Wildman–Crippen LogP) is 6.11. The highest BCUT2D eigenvalue weighted by atomic mass is 35.5. The minimum Gasteiger partial charge on any atom is -0.324 e. The van der Waals surface area contributed by atoms with Gasteiger partial charge in [0.15, 0.2) is 0 Å². The number of thioether (sulfide) groups is 1. The molecular weight excluding hydrogens is 401 g/mol. The Morgan fingerprint density at radius 2 is 2.07 bits per heavy atom. The third kappa shape index (κ3) is 6.14. The van der Waals surface area contributed by atoms with Crippen molar-refractivity contribution in [2.45, 2.75) is 49.8 Å². The smallest absolute Gasteiger partial charge is 0.237 e. The van der Waals surface area contributed by atoms with Crippen LogP contribution in [0.25, 0.3) is 0 Å². The first-order chi connectivity index (χ1) is 13.0. The summed E-state index contributed by atoms with van der Waals surface area (Å²) >= 11 is 13.4. The number of nitriles is 1. The first-order valence-corrected chi connectivity index (χ1v) is 10.4. The topological polar surface area (TPSA) is 65.8 Å². The largest absolute Gasteiger partial charge is 0.324 e. The van der Waals surface area contributed by atoms with E-state index in [1.54, 1.807) is 24.3 Å². The molecule has 0 fully saturated rings. The molecule has 1 aromatic carbocycles. The zero-order valence-corrected chi connectivity index (χ0v) is 17.6. The number of unbranched alkanes of at least 4 members (excludes halogenated alkanes) is 1. The molecule has 0 aliphatic heterocycles. The van der Waals surface area contributed by atoms with Crippen molar-refractivity contribution in [2.75, 3.05) is 5.32 Å². The van der Waals surface area contributed by atoms with Crippen molar-refractivity contribution in [3.63, 3.8) is 0 Å². The van der Waals surface area contributed by atoms with Gasteiger partial charge >= 0.3 is 0 Å². The molecule has 0 saturated carbocycles. The zero-order valence-electron chi connectivity index (χ0n) is 15.3. The number of hydrogen-bond acceptors (Lipinski definition) is 4. The average Bonchev–Trinajstić information content (AvgIpc) is 2.67. The number of pyridine rings is 1. The number of carbonyl (C=O) groups is 1. The molecule has 0 bridgehead atoms. The minimum atomic E-state index is -0.402. The highest BCUT2D eigenvalue weighted by molar-refractivity contribution is 8.00. The van der Waals surface area contributed by atoms with E-state index < -0.39 is 5.25 Å². The number of carbonyl (C=O) groups excluding carboxylic acids is 1. The van der Waals surface area contributed by atoms with E-state index in [4.69, 9.17) is 23.2 Å². The maximum atomic E-state index is 12.7. The van der Waals surface area contributed by atoms with Crippen molar-refractivity contribution in [3.05, 3.63) is 51.6 Å². The van der Waals surface area contributed by atoms with Crippen LogP contribution in [-0.2, 0) is 11.2 Å². The predicted molar refractivity (Wildman–Crippen MR) is 113 cm³/mol.